The molecule has 0 amide bonds. The van der Waals surface area contributed by atoms with E-state index in [4.69, 9.17) is 42.1 Å². The first kappa shape index (κ1) is 50.2. The van der Waals surface area contributed by atoms with Crippen LogP contribution in [0.5, 0.6) is 23.0 Å². The van der Waals surface area contributed by atoms with Gasteiger partial charge in [-0.15, -0.1) is 0 Å². The van der Waals surface area contributed by atoms with Gasteiger partial charge < -0.3 is 34.3 Å². The lowest BCUT2D eigenvalue weighted by Gasteiger charge is -2.23. The number of aliphatic hydroxyl groups is 1. The Morgan fingerprint density at radius 1 is 0.648 bits per heavy atom. The van der Waals surface area contributed by atoms with Crippen molar-refractivity contribution in [2.24, 2.45) is 0 Å². The Morgan fingerprint density at radius 2 is 1.13 bits per heavy atom. The summed E-state index contributed by atoms with van der Waals surface area (Å²) in [7, 11) is 0. The molecule has 71 heavy (non-hydrogen) atoms. The second kappa shape index (κ2) is 22.7. The molecular formula is C54H50Cl2N6O9. The fourth-order valence-corrected chi connectivity index (χ4v) is 9.57. The van der Waals surface area contributed by atoms with Gasteiger partial charge in [0.1, 0.15) is 73.6 Å². The molecular weight excluding hydrogens is 948 g/mol. The van der Waals surface area contributed by atoms with Crippen LogP contribution in [0.25, 0.3) is 11.1 Å². The Morgan fingerprint density at radius 3 is 1.61 bits per heavy atom. The molecule has 2 aliphatic heterocycles. The number of pyridine rings is 2. The molecule has 364 valence electrons. The number of aromatic nitrogens is 2. The number of β-amino-alcohol motifs (C(OH)–C–C–N with tert-alkyl or cyclic N) is 1. The molecule has 0 saturated carbocycles. The maximum absolute atomic E-state index is 12.1. The van der Waals surface area contributed by atoms with E-state index in [-0.39, 0.29) is 45.9 Å². The van der Waals surface area contributed by atoms with Gasteiger partial charge in [-0.25, -0.2) is 0 Å². The summed E-state index contributed by atoms with van der Waals surface area (Å²) in [5, 5.41) is 49.5. The van der Waals surface area contributed by atoms with E-state index in [1.807, 2.05) is 55.1 Å². The number of halogens is 2. The van der Waals surface area contributed by atoms with Crippen molar-refractivity contribution in [3.63, 3.8) is 0 Å². The summed E-state index contributed by atoms with van der Waals surface area (Å²) < 4.78 is 25.4. The van der Waals surface area contributed by atoms with Gasteiger partial charge in [0.05, 0.1) is 27.3 Å². The number of carboxylic acids is 2. The Labute approximate surface area is 421 Å². The van der Waals surface area contributed by atoms with Crippen LogP contribution >= 0.6 is 23.2 Å². The molecule has 4 heterocycles. The van der Waals surface area contributed by atoms with E-state index in [1.165, 1.54) is 12.4 Å². The second-order valence-corrected chi connectivity index (χ2v) is 18.5. The van der Waals surface area contributed by atoms with E-state index >= 15 is 0 Å². The minimum atomic E-state index is -1.03. The highest BCUT2D eigenvalue weighted by atomic mass is 35.5. The normalized spacial score (nSPS) is 16.8. The van der Waals surface area contributed by atoms with Gasteiger partial charge in [0.25, 0.3) is 0 Å². The van der Waals surface area contributed by atoms with Crippen LogP contribution in [-0.4, -0.2) is 78.3 Å². The fourth-order valence-electron chi connectivity index (χ4n) is 9.08. The lowest BCUT2D eigenvalue weighted by atomic mass is 9.92. The molecule has 17 heteroatoms. The van der Waals surface area contributed by atoms with Crippen LogP contribution in [0.15, 0.2) is 97.6 Å². The third-order valence-electron chi connectivity index (χ3n) is 12.9. The van der Waals surface area contributed by atoms with E-state index in [1.54, 1.807) is 53.7 Å². The second-order valence-electron chi connectivity index (χ2n) is 17.6. The van der Waals surface area contributed by atoms with Crippen LogP contribution in [0.4, 0.5) is 0 Å². The summed E-state index contributed by atoms with van der Waals surface area (Å²) in [5.74, 6) is -0.303. The number of ether oxygens (including phenoxy) is 4. The highest BCUT2D eigenvalue weighted by Crippen LogP contribution is 2.39. The number of nitriles is 2. The first-order valence-electron chi connectivity index (χ1n) is 22.9. The largest absolute Gasteiger partial charge is 0.488 e. The quantitative estimate of drug-likeness (QED) is 0.0690. The lowest BCUT2D eigenvalue weighted by molar-refractivity contribution is -0.143. The molecule has 0 spiro atoms. The number of aliphatic hydroxyl groups excluding tert-OH is 1. The first-order valence-corrected chi connectivity index (χ1v) is 23.7. The summed E-state index contributed by atoms with van der Waals surface area (Å²) in [6.07, 6.45) is 6.79. The van der Waals surface area contributed by atoms with Gasteiger partial charge in [0.15, 0.2) is 0 Å². The monoisotopic (exact) mass is 996 g/mol. The predicted octanol–water partition coefficient (Wildman–Crippen LogP) is 9.20. The molecule has 0 radical (unpaired) electrons. The third-order valence-corrected chi connectivity index (χ3v) is 13.5. The molecule has 8 rings (SSSR count). The van der Waals surface area contributed by atoms with Crippen molar-refractivity contribution >= 4 is 35.1 Å². The highest BCUT2D eigenvalue weighted by Gasteiger charge is 2.36. The summed E-state index contributed by atoms with van der Waals surface area (Å²) in [5.41, 5.74) is 9.20. The minimum Gasteiger partial charge on any atom is -0.488 e. The zero-order chi connectivity index (χ0) is 50.2. The number of hydrogen-bond donors (Lipinski definition) is 3. The molecule has 6 aromatic rings. The van der Waals surface area contributed by atoms with E-state index in [0.717, 1.165) is 39.8 Å². The Hall–Kier alpha value is -7.24. The zero-order valence-corrected chi connectivity index (χ0v) is 40.5. The standard InChI is InChI=1S/C54H50Cl2N6O9/c1-32-38(30-70-51-17-49(68-28-36-12-34(19-57)21-59-23-36)40(14-45(51)55)25-61-11-5-10-47(61)53(64)65)6-3-8-43(32)44-9-4-7-39(33(44)2)31-71-52-18-50(69-29-37-13-35(20-58)22-60-24-37)41(15-46(52)56)26-62-27-42(63)16-48(62)54(66)67/h3-4,6-9,12-15,17-18,21-24,42,47-48,63H,5,10-11,16,25-31H2,1-2H3,(H,64,65)(H,66,67)/t42-,47?,48-/m0/s1. The number of carbonyl (C=O) groups is 2. The topological polar surface area (TPSA) is 212 Å². The molecule has 3 atom stereocenters. The van der Waals surface area contributed by atoms with Gasteiger partial charge >= 0.3 is 11.9 Å². The summed E-state index contributed by atoms with van der Waals surface area (Å²) >= 11 is 13.8. The van der Waals surface area contributed by atoms with Crippen LogP contribution in [-0.2, 0) is 49.1 Å². The van der Waals surface area contributed by atoms with Crippen LogP contribution in [0.1, 0.15) is 74.9 Å². The van der Waals surface area contributed by atoms with Crippen molar-refractivity contribution in [2.45, 2.75) is 90.8 Å². The number of benzene rings is 4. The third kappa shape index (κ3) is 12.0. The maximum Gasteiger partial charge on any atom is 0.321 e. The molecule has 2 saturated heterocycles. The van der Waals surface area contributed by atoms with E-state index < -0.39 is 30.1 Å². The minimum absolute atomic E-state index is 0.0643. The van der Waals surface area contributed by atoms with Crippen LogP contribution in [0, 0.1) is 36.5 Å². The van der Waals surface area contributed by atoms with Gasteiger partial charge in [-0.3, -0.25) is 29.4 Å². The first-order chi connectivity index (χ1) is 34.3. The van der Waals surface area contributed by atoms with Gasteiger partial charge in [0.2, 0.25) is 0 Å². The predicted molar refractivity (Wildman–Crippen MR) is 263 cm³/mol. The van der Waals surface area contributed by atoms with Crippen molar-refractivity contribution in [1.29, 1.82) is 10.5 Å². The van der Waals surface area contributed by atoms with E-state index in [9.17, 15) is 35.4 Å². The van der Waals surface area contributed by atoms with Crippen molar-refractivity contribution in [3.05, 3.63) is 163 Å². The molecule has 4 aromatic carbocycles. The van der Waals surface area contributed by atoms with Crippen molar-refractivity contribution in [2.75, 3.05) is 13.1 Å². The molecule has 0 bridgehead atoms. The summed E-state index contributed by atoms with van der Waals surface area (Å²) in [6.45, 7) is 5.81. The Bertz CT molecular complexity index is 3050. The van der Waals surface area contributed by atoms with E-state index in [0.29, 0.717) is 85.9 Å². The van der Waals surface area contributed by atoms with Crippen LogP contribution < -0.4 is 18.9 Å². The smallest absolute Gasteiger partial charge is 0.321 e. The maximum atomic E-state index is 12.1. The average molecular weight is 998 g/mol. The van der Waals surface area contributed by atoms with Gasteiger partial charge in [-0.1, -0.05) is 59.6 Å². The summed E-state index contributed by atoms with van der Waals surface area (Å²) in [4.78, 5) is 36.0. The number of carboxylic acid groups (broad SMARTS) is 2. The molecule has 1 unspecified atom stereocenters. The van der Waals surface area contributed by atoms with Crippen molar-refractivity contribution in [3.8, 4) is 46.3 Å². The van der Waals surface area contributed by atoms with Crippen molar-refractivity contribution in [1.82, 2.24) is 19.8 Å². The molecule has 2 aliphatic rings. The van der Waals surface area contributed by atoms with Gasteiger partial charge in [-0.2, -0.15) is 10.5 Å². The number of likely N-dealkylation sites (tertiary alicyclic amines) is 2. The number of nitrogens with zero attached hydrogens (tertiary/aromatic N) is 6. The SMILES string of the molecule is Cc1c(COc2cc(OCc3cncc(C#N)c3)c(CN3CCCC3C(=O)O)cc2Cl)cccc1-c1cccc(COc2cc(OCc3cncc(C#N)c3)c(CN3C[C@@H](O)C[C@H]3C(=O)O)cc2Cl)c1C. The average Bonchev–Trinajstić information content (AvgIpc) is 3.99. The molecule has 2 fully saturated rings. The van der Waals surface area contributed by atoms with Gasteiger partial charge in [0, 0.05) is 85.2 Å². The fraction of sp³-hybridized carbons (Fsp3) is 0.296. The van der Waals surface area contributed by atoms with Crippen LogP contribution in [0.2, 0.25) is 10.0 Å². The van der Waals surface area contributed by atoms with Crippen LogP contribution in [0.3, 0.4) is 0 Å². The number of hydrogen-bond acceptors (Lipinski definition) is 13. The van der Waals surface area contributed by atoms with Crippen molar-refractivity contribution < 1.29 is 43.9 Å². The molecule has 15 nitrogen and oxygen atoms in total. The zero-order valence-electron chi connectivity index (χ0n) is 39.0. The number of rotatable bonds is 19. The Kier molecular flexibility index (Phi) is 16.0. The Balaban J connectivity index is 1.00. The molecule has 0 aliphatic carbocycles. The molecule has 2 aromatic heterocycles. The summed E-state index contributed by atoms with van der Waals surface area (Å²) in [6, 6.07) is 24.9. The lowest BCUT2D eigenvalue weighted by Crippen LogP contribution is -2.35. The van der Waals surface area contributed by atoms with E-state index in [2.05, 4.69) is 22.1 Å². The number of aliphatic carboxylic acids is 2. The highest BCUT2D eigenvalue weighted by molar-refractivity contribution is 6.32. The van der Waals surface area contributed by atoms with Gasteiger partial charge in [-0.05, 0) is 90.9 Å². The molecule has 3 N–H and O–H groups in total.